The van der Waals surface area contributed by atoms with Gasteiger partial charge in [0, 0.05) is 39.9 Å². The first kappa shape index (κ1) is 40.1. The standard InChI is InChI=1S/C64H41N5/c1-5-17-45(18-6-1)61-67-62(46-19-7-2-8-20-46)69-63(68-61)49-40-47(42-30-32-43(33-31-42)52-36-38-66-60-54(52)35-34-44-21-16-37-65-59(44)60)39-48(41-49)53-27-15-29-57-58(53)55-26-13-14-28-56(55)64(57,50-22-9-3-10-23-50)51-24-11-4-12-25-51/h1-41H. The fourth-order valence-corrected chi connectivity index (χ4v) is 10.6. The van der Waals surface area contributed by atoms with E-state index in [9.17, 15) is 0 Å². The summed E-state index contributed by atoms with van der Waals surface area (Å²) < 4.78 is 0. The van der Waals surface area contributed by atoms with E-state index in [1.807, 2.05) is 54.9 Å². The third kappa shape index (κ3) is 6.74. The van der Waals surface area contributed by atoms with Crippen LogP contribution in [0.1, 0.15) is 22.3 Å². The van der Waals surface area contributed by atoms with Crippen LogP contribution in [0.3, 0.4) is 0 Å². The molecule has 1 aliphatic rings. The van der Waals surface area contributed by atoms with Gasteiger partial charge in [-0.1, -0.05) is 206 Å². The maximum atomic E-state index is 5.25. The Morgan fingerprint density at radius 1 is 0.290 bits per heavy atom. The summed E-state index contributed by atoms with van der Waals surface area (Å²) in [7, 11) is 0. The van der Waals surface area contributed by atoms with E-state index in [-0.39, 0.29) is 0 Å². The van der Waals surface area contributed by atoms with Crippen molar-refractivity contribution in [3.05, 3.63) is 271 Å². The SMILES string of the molecule is c1ccc(-c2nc(-c3ccccc3)nc(-c3cc(-c4ccc(-c5ccnc6c5ccc5cccnc56)cc4)cc(-c4cccc5c4-c4ccccc4C5(c4ccccc4)c4ccccc4)c3)n2)cc1. The van der Waals surface area contributed by atoms with Crippen LogP contribution >= 0.6 is 0 Å². The number of hydrogen-bond acceptors (Lipinski definition) is 5. The maximum Gasteiger partial charge on any atom is 0.164 e. The Bertz CT molecular complexity index is 3780. The minimum atomic E-state index is -0.538. The van der Waals surface area contributed by atoms with Crippen molar-refractivity contribution in [1.82, 2.24) is 24.9 Å². The number of rotatable bonds is 8. The number of hydrogen-bond donors (Lipinski definition) is 0. The van der Waals surface area contributed by atoms with E-state index in [0.717, 1.165) is 71.9 Å². The molecule has 69 heavy (non-hydrogen) atoms. The van der Waals surface area contributed by atoms with Crippen molar-refractivity contribution in [1.29, 1.82) is 0 Å². The van der Waals surface area contributed by atoms with E-state index in [1.54, 1.807) is 0 Å². The van der Waals surface area contributed by atoms with Gasteiger partial charge in [0.25, 0.3) is 0 Å². The molecular weight excluding hydrogens is 839 g/mol. The zero-order chi connectivity index (χ0) is 45.7. The lowest BCUT2D eigenvalue weighted by molar-refractivity contribution is 0.768. The molecule has 0 amide bonds. The molecule has 0 spiro atoms. The van der Waals surface area contributed by atoms with Gasteiger partial charge in [0.15, 0.2) is 17.5 Å². The lowest BCUT2D eigenvalue weighted by Gasteiger charge is -2.34. The van der Waals surface area contributed by atoms with E-state index in [1.165, 1.54) is 33.4 Å². The highest BCUT2D eigenvalue weighted by molar-refractivity contribution is 6.08. The van der Waals surface area contributed by atoms with Crippen LogP contribution in [-0.4, -0.2) is 24.9 Å². The zero-order valence-corrected chi connectivity index (χ0v) is 37.4. The van der Waals surface area contributed by atoms with Crippen LogP contribution in [0.4, 0.5) is 0 Å². The normalized spacial score (nSPS) is 12.5. The Morgan fingerprint density at radius 2 is 0.826 bits per heavy atom. The number of pyridine rings is 2. The fourth-order valence-electron chi connectivity index (χ4n) is 10.6. The van der Waals surface area contributed by atoms with Crippen molar-refractivity contribution in [2.24, 2.45) is 0 Å². The molecule has 12 aromatic rings. The van der Waals surface area contributed by atoms with Crippen molar-refractivity contribution in [2.45, 2.75) is 5.41 Å². The van der Waals surface area contributed by atoms with Gasteiger partial charge in [0.05, 0.1) is 16.4 Å². The van der Waals surface area contributed by atoms with Crippen molar-refractivity contribution < 1.29 is 0 Å². The summed E-state index contributed by atoms with van der Waals surface area (Å²) >= 11 is 0. The number of nitrogens with zero attached hydrogens (tertiary/aromatic N) is 5. The molecule has 3 heterocycles. The third-order valence-electron chi connectivity index (χ3n) is 13.7. The molecule has 5 nitrogen and oxygen atoms in total. The molecule has 0 unspecified atom stereocenters. The van der Waals surface area contributed by atoms with Crippen LogP contribution in [0.5, 0.6) is 0 Å². The van der Waals surface area contributed by atoms with Crippen LogP contribution in [-0.2, 0) is 5.41 Å². The van der Waals surface area contributed by atoms with Gasteiger partial charge < -0.3 is 0 Å². The molecule has 0 bridgehead atoms. The summed E-state index contributed by atoms with van der Waals surface area (Å²) in [6.07, 6.45) is 3.72. The second kappa shape index (κ2) is 16.6. The van der Waals surface area contributed by atoms with Crippen LogP contribution in [0, 0.1) is 0 Å². The molecule has 9 aromatic carbocycles. The fraction of sp³-hybridized carbons (Fsp3) is 0.0156. The molecule has 0 atom stereocenters. The van der Waals surface area contributed by atoms with E-state index in [0.29, 0.717) is 17.5 Å². The minimum absolute atomic E-state index is 0.538. The highest BCUT2D eigenvalue weighted by Crippen LogP contribution is 2.58. The second-order valence-corrected chi connectivity index (χ2v) is 17.6. The summed E-state index contributed by atoms with van der Waals surface area (Å²) in [6, 6.07) is 84.2. The highest BCUT2D eigenvalue weighted by atomic mass is 15.0. The third-order valence-corrected chi connectivity index (χ3v) is 13.7. The molecule has 0 aliphatic heterocycles. The van der Waals surface area contributed by atoms with Crippen LogP contribution in [0.2, 0.25) is 0 Å². The van der Waals surface area contributed by atoms with Crippen molar-refractivity contribution in [2.75, 3.05) is 0 Å². The predicted molar refractivity (Wildman–Crippen MR) is 280 cm³/mol. The molecule has 3 aromatic heterocycles. The molecule has 0 saturated heterocycles. The zero-order valence-electron chi connectivity index (χ0n) is 37.4. The van der Waals surface area contributed by atoms with Gasteiger partial charge >= 0.3 is 0 Å². The van der Waals surface area contributed by atoms with Gasteiger partial charge in [-0.15, -0.1) is 0 Å². The Morgan fingerprint density at radius 3 is 1.51 bits per heavy atom. The van der Waals surface area contributed by atoms with Crippen molar-refractivity contribution in [3.63, 3.8) is 0 Å². The predicted octanol–water partition coefficient (Wildman–Crippen LogP) is 15.3. The summed E-state index contributed by atoms with van der Waals surface area (Å²) in [5.74, 6) is 1.84. The van der Waals surface area contributed by atoms with Crippen LogP contribution in [0.25, 0.3) is 100 Å². The van der Waals surface area contributed by atoms with E-state index < -0.39 is 5.41 Å². The summed E-state index contributed by atoms with van der Waals surface area (Å²) in [5, 5.41) is 2.14. The number of aromatic nitrogens is 5. The first-order chi connectivity index (χ1) is 34.2. The lowest BCUT2D eigenvalue weighted by atomic mass is 9.67. The first-order valence-corrected chi connectivity index (χ1v) is 23.3. The molecule has 322 valence electrons. The van der Waals surface area contributed by atoms with E-state index in [4.69, 9.17) is 24.9 Å². The average Bonchev–Trinajstić information content (AvgIpc) is 3.75. The van der Waals surface area contributed by atoms with Gasteiger partial charge in [0.2, 0.25) is 0 Å². The molecule has 0 radical (unpaired) electrons. The molecule has 5 heteroatoms. The Kier molecular flexibility index (Phi) is 9.65. The Balaban J connectivity index is 1.04. The highest BCUT2D eigenvalue weighted by Gasteiger charge is 2.46. The van der Waals surface area contributed by atoms with E-state index in [2.05, 4.69) is 194 Å². The smallest absolute Gasteiger partial charge is 0.164 e. The minimum Gasteiger partial charge on any atom is -0.254 e. The molecule has 1 aliphatic carbocycles. The number of fused-ring (bicyclic) bond motifs is 6. The second-order valence-electron chi connectivity index (χ2n) is 17.6. The van der Waals surface area contributed by atoms with Crippen molar-refractivity contribution >= 4 is 21.8 Å². The lowest BCUT2D eigenvalue weighted by Crippen LogP contribution is -2.28. The van der Waals surface area contributed by atoms with Gasteiger partial charge in [-0.2, -0.15) is 0 Å². The summed E-state index contributed by atoms with van der Waals surface area (Å²) in [6.45, 7) is 0. The average molecular weight is 880 g/mol. The molecule has 13 rings (SSSR count). The monoisotopic (exact) mass is 879 g/mol. The largest absolute Gasteiger partial charge is 0.254 e. The molecule has 0 saturated carbocycles. The maximum absolute atomic E-state index is 5.25. The van der Waals surface area contributed by atoms with Gasteiger partial charge in [-0.05, 0) is 97.1 Å². The Labute approximate surface area is 400 Å². The van der Waals surface area contributed by atoms with Gasteiger partial charge in [-0.3, -0.25) is 9.97 Å². The van der Waals surface area contributed by atoms with Crippen LogP contribution < -0.4 is 0 Å². The van der Waals surface area contributed by atoms with Crippen molar-refractivity contribution in [3.8, 4) is 78.7 Å². The van der Waals surface area contributed by atoms with Gasteiger partial charge in [-0.25, -0.2) is 15.0 Å². The van der Waals surface area contributed by atoms with Gasteiger partial charge in [0.1, 0.15) is 0 Å². The molecule has 0 fully saturated rings. The summed E-state index contributed by atoms with van der Waals surface area (Å²) in [4.78, 5) is 25.1. The molecular formula is C64H41N5. The Hall–Kier alpha value is -9.19. The van der Waals surface area contributed by atoms with Crippen LogP contribution in [0.15, 0.2) is 249 Å². The number of benzene rings is 9. The topological polar surface area (TPSA) is 64.5 Å². The quantitative estimate of drug-likeness (QED) is 0.142. The summed E-state index contributed by atoms with van der Waals surface area (Å²) in [5.41, 5.74) is 18.0. The van der Waals surface area contributed by atoms with E-state index >= 15 is 0 Å². The first-order valence-electron chi connectivity index (χ1n) is 23.3. The molecule has 0 N–H and O–H groups in total.